The highest BCUT2D eigenvalue weighted by atomic mass is 16.2. The summed E-state index contributed by atoms with van der Waals surface area (Å²) in [5.41, 5.74) is 4.59. The van der Waals surface area contributed by atoms with Crippen LogP contribution in [0.2, 0.25) is 0 Å². The first-order valence-corrected chi connectivity index (χ1v) is 8.58. The molecule has 5 nitrogen and oxygen atoms in total. The molecule has 2 atom stereocenters. The largest absolute Gasteiger partial charge is 0.308 e. The zero-order valence-corrected chi connectivity index (χ0v) is 14.1. The van der Waals surface area contributed by atoms with Crippen molar-refractivity contribution >= 4 is 11.6 Å². The van der Waals surface area contributed by atoms with Gasteiger partial charge in [0, 0.05) is 31.0 Å². The van der Waals surface area contributed by atoms with Crippen LogP contribution in [0, 0.1) is 0 Å². The summed E-state index contributed by atoms with van der Waals surface area (Å²) in [5.74, 6) is 0.185. The highest BCUT2D eigenvalue weighted by Gasteiger charge is 2.36. The Labute approximate surface area is 142 Å². The number of fused-ring (bicyclic) bond motifs is 2. The summed E-state index contributed by atoms with van der Waals surface area (Å²) >= 11 is 0. The van der Waals surface area contributed by atoms with Gasteiger partial charge in [0.1, 0.15) is 6.33 Å². The second-order valence-corrected chi connectivity index (χ2v) is 6.78. The third kappa shape index (κ3) is 2.49. The molecule has 1 amide bonds. The van der Waals surface area contributed by atoms with E-state index in [9.17, 15) is 4.79 Å². The van der Waals surface area contributed by atoms with Crippen LogP contribution in [0.1, 0.15) is 30.7 Å². The smallest absolute Gasteiger partial charge is 0.244 e. The van der Waals surface area contributed by atoms with E-state index in [2.05, 4.69) is 33.9 Å². The van der Waals surface area contributed by atoms with Gasteiger partial charge in [0.25, 0.3) is 0 Å². The van der Waals surface area contributed by atoms with E-state index in [1.54, 1.807) is 6.33 Å². The van der Waals surface area contributed by atoms with Crippen LogP contribution in [0.25, 0.3) is 0 Å². The molecule has 2 aliphatic heterocycles. The van der Waals surface area contributed by atoms with E-state index >= 15 is 0 Å². The third-order valence-electron chi connectivity index (χ3n) is 5.25. The van der Waals surface area contributed by atoms with E-state index in [1.807, 2.05) is 30.2 Å². The Morgan fingerprint density at radius 1 is 1.29 bits per heavy atom. The molecule has 5 heteroatoms. The Morgan fingerprint density at radius 2 is 2.12 bits per heavy atom. The van der Waals surface area contributed by atoms with Crippen molar-refractivity contribution < 1.29 is 4.79 Å². The van der Waals surface area contributed by atoms with Crippen LogP contribution in [-0.2, 0) is 24.2 Å². The zero-order valence-electron chi connectivity index (χ0n) is 14.1. The fraction of sp³-hybridized carbons (Fsp3) is 0.421. The van der Waals surface area contributed by atoms with Crippen molar-refractivity contribution in [3.8, 4) is 0 Å². The summed E-state index contributed by atoms with van der Waals surface area (Å²) in [5, 5.41) is 0. The average Bonchev–Trinajstić information content (AvgIpc) is 2.95. The maximum absolute atomic E-state index is 13.2. The Hall–Kier alpha value is -2.27. The van der Waals surface area contributed by atoms with E-state index in [1.165, 1.54) is 11.1 Å². The molecular weight excluding hydrogens is 300 g/mol. The lowest BCUT2D eigenvalue weighted by molar-refractivity contribution is -0.123. The van der Waals surface area contributed by atoms with Crippen molar-refractivity contribution in [2.24, 2.45) is 0 Å². The van der Waals surface area contributed by atoms with Gasteiger partial charge in [-0.15, -0.1) is 0 Å². The number of anilines is 1. The lowest BCUT2D eigenvalue weighted by Gasteiger charge is -2.35. The molecule has 2 aromatic rings. The lowest BCUT2D eigenvalue weighted by Crippen LogP contribution is -2.50. The minimum Gasteiger partial charge on any atom is -0.308 e. The first-order valence-electron chi connectivity index (χ1n) is 8.58. The van der Waals surface area contributed by atoms with Gasteiger partial charge in [-0.1, -0.05) is 18.2 Å². The molecule has 4 rings (SSSR count). The predicted octanol–water partition coefficient (Wildman–Crippen LogP) is 2.20. The fourth-order valence-electron chi connectivity index (χ4n) is 3.86. The second-order valence-electron chi connectivity index (χ2n) is 6.78. The molecule has 0 radical (unpaired) electrons. The molecule has 0 bridgehead atoms. The Balaban J connectivity index is 1.55. The number of amides is 1. The number of carbonyl (C=O) groups excluding carboxylic acids is 1. The number of hydrogen-bond acceptors (Lipinski definition) is 4. The highest BCUT2D eigenvalue weighted by Crippen LogP contribution is 2.33. The Kier molecular flexibility index (Phi) is 3.81. The summed E-state index contributed by atoms with van der Waals surface area (Å²) in [4.78, 5) is 25.9. The maximum Gasteiger partial charge on any atom is 0.244 e. The molecule has 0 N–H and O–H groups in total. The first kappa shape index (κ1) is 15.3. The summed E-state index contributed by atoms with van der Waals surface area (Å²) in [6, 6.07) is 8.30. The zero-order chi connectivity index (χ0) is 16.7. The van der Waals surface area contributed by atoms with Crippen LogP contribution in [0.5, 0.6) is 0 Å². The number of carbonyl (C=O) groups is 1. The topological polar surface area (TPSA) is 49.3 Å². The van der Waals surface area contributed by atoms with Gasteiger partial charge in [-0.3, -0.25) is 9.69 Å². The maximum atomic E-state index is 13.2. The van der Waals surface area contributed by atoms with Gasteiger partial charge in [0.05, 0.1) is 11.7 Å². The number of nitrogens with zero attached hydrogens (tertiary/aromatic N) is 4. The van der Waals surface area contributed by atoms with Crippen molar-refractivity contribution in [1.29, 1.82) is 0 Å². The van der Waals surface area contributed by atoms with Crippen LogP contribution >= 0.6 is 0 Å². The van der Waals surface area contributed by atoms with E-state index in [-0.39, 0.29) is 18.0 Å². The van der Waals surface area contributed by atoms with Crippen LogP contribution in [0.15, 0.2) is 36.8 Å². The van der Waals surface area contributed by atoms with Crippen molar-refractivity contribution in [3.05, 3.63) is 53.6 Å². The SMILES string of the molecule is C[C@@H]1Cc2ccccc2N1C(=O)[C@H](C)N1CCc2cncnc2C1. The Morgan fingerprint density at radius 3 is 3.00 bits per heavy atom. The van der Waals surface area contributed by atoms with Crippen LogP contribution in [-0.4, -0.2) is 39.4 Å². The summed E-state index contributed by atoms with van der Waals surface area (Å²) in [6.45, 7) is 5.73. The van der Waals surface area contributed by atoms with E-state index in [0.717, 1.165) is 30.8 Å². The fourth-order valence-corrected chi connectivity index (χ4v) is 3.86. The molecule has 0 saturated heterocycles. The minimum absolute atomic E-state index is 0.151. The average molecular weight is 322 g/mol. The van der Waals surface area contributed by atoms with E-state index in [4.69, 9.17) is 0 Å². The van der Waals surface area contributed by atoms with E-state index < -0.39 is 0 Å². The summed E-state index contributed by atoms with van der Waals surface area (Å²) in [6.07, 6.45) is 5.32. The Bertz CT molecular complexity index is 775. The minimum atomic E-state index is -0.151. The molecule has 0 spiro atoms. The molecule has 0 saturated carbocycles. The van der Waals surface area contributed by atoms with Crippen molar-refractivity contribution in [2.75, 3.05) is 11.4 Å². The summed E-state index contributed by atoms with van der Waals surface area (Å²) < 4.78 is 0. The van der Waals surface area contributed by atoms with Crippen LogP contribution in [0.3, 0.4) is 0 Å². The number of rotatable bonds is 2. The molecule has 3 heterocycles. The molecule has 2 aliphatic rings. The first-order chi connectivity index (χ1) is 11.6. The molecule has 0 unspecified atom stereocenters. The number of benzene rings is 1. The molecule has 0 aliphatic carbocycles. The molecular formula is C19H22N4O. The van der Waals surface area contributed by atoms with Crippen molar-refractivity contribution in [3.63, 3.8) is 0 Å². The van der Waals surface area contributed by atoms with Gasteiger partial charge in [-0.05, 0) is 43.9 Å². The normalized spacial score (nSPS) is 21.2. The van der Waals surface area contributed by atoms with Gasteiger partial charge in [-0.25, -0.2) is 9.97 Å². The monoisotopic (exact) mass is 322 g/mol. The standard InChI is InChI=1S/C19H22N4O/c1-13-9-15-5-3-4-6-18(15)23(13)19(24)14(2)22-8-7-16-10-20-12-21-17(16)11-22/h3-6,10,12-14H,7-9,11H2,1-2H3/t13-,14+/m1/s1. The van der Waals surface area contributed by atoms with Crippen molar-refractivity contribution in [1.82, 2.24) is 14.9 Å². The molecule has 24 heavy (non-hydrogen) atoms. The lowest BCUT2D eigenvalue weighted by atomic mass is 10.0. The number of aromatic nitrogens is 2. The third-order valence-corrected chi connectivity index (χ3v) is 5.25. The quantitative estimate of drug-likeness (QED) is 0.850. The number of para-hydroxylation sites is 1. The van der Waals surface area contributed by atoms with Gasteiger partial charge >= 0.3 is 0 Å². The van der Waals surface area contributed by atoms with Crippen molar-refractivity contribution in [2.45, 2.75) is 45.3 Å². The predicted molar refractivity (Wildman–Crippen MR) is 92.7 cm³/mol. The van der Waals surface area contributed by atoms with Crippen LogP contribution in [0.4, 0.5) is 5.69 Å². The van der Waals surface area contributed by atoms with Gasteiger partial charge in [-0.2, -0.15) is 0 Å². The molecule has 124 valence electrons. The second kappa shape index (κ2) is 5.98. The molecule has 1 aromatic heterocycles. The van der Waals surface area contributed by atoms with Crippen LogP contribution < -0.4 is 4.90 Å². The van der Waals surface area contributed by atoms with Gasteiger partial charge in [0.15, 0.2) is 0 Å². The summed E-state index contributed by atoms with van der Waals surface area (Å²) in [7, 11) is 0. The van der Waals surface area contributed by atoms with E-state index in [0.29, 0.717) is 6.54 Å². The molecule has 0 fully saturated rings. The molecule has 1 aromatic carbocycles. The highest BCUT2D eigenvalue weighted by molar-refractivity contribution is 5.99. The van der Waals surface area contributed by atoms with Gasteiger partial charge in [0.2, 0.25) is 5.91 Å². The van der Waals surface area contributed by atoms with Gasteiger partial charge < -0.3 is 4.90 Å². The number of hydrogen-bond donors (Lipinski definition) is 0.